The first-order chi connectivity index (χ1) is 7.47. The molecule has 0 aliphatic carbocycles. The molecule has 0 saturated heterocycles. The van der Waals surface area contributed by atoms with Crippen molar-refractivity contribution in [3.63, 3.8) is 0 Å². The summed E-state index contributed by atoms with van der Waals surface area (Å²) >= 11 is 0. The topological polar surface area (TPSA) is 194 Å². The van der Waals surface area contributed by atoms with Gasteiger partial charge in [0.05, 0.1) is 12.8 Å². The number of hydrogen-bond acceptors (Lipinski definition) is 6. The molecule has 0 aromatic heterocycles. The molecule has 1 atom stereocenters. The van der Waals surface area contributed by atoms with E-state index in [-0.39, 0.29) is 17.6 Å². The van der Waals surface area contributed by atoms with E-state index in [9.17, 15) is 5.11 Å². The zero-order valence-corrected chi connectivity index (χ0v) is 8.35. The van der Waals surface area contributed by atoms with Crippen LogP contribution in [0.3, 0.4) is 0 Å². The van der Waals surface area contributed by atoms with E-state index in [1.165, 1.54) is 0 Å². The third kappa shape index (κ3) is 6.28. The Balaban J connectivity index is 4.82. The Bertz CT molecular complexity index is 325. The van der Waals surface area contributed by atoms with Gasteiger partial charge in [-0.2, -0.15) is 5.10 Å². The van der Waals surface area contributed by atoms with Crippen molar-refractivity contribution in [2.24, 2.45) is 43.3 Å². The summed E-state index contributed by atoms with van der Waals surface area (Å²) in [7, 11) is 0. The summed E-state index contributed by atoms with van der Waals surface area (Å²) < 4.78 is 0. The molecule has 0 radical (unpaired) electrons. The van der Waals surface area contributed by atoms with E-state index in [2.05, 4.69) is 20.4 Å². The summed E-state index contributed by atoms with van der Waals surface area (Å²) in [6, 6.07) is 0. The van der Waals surface area contributed by atoms with Gasteiger partial charge in [0.2, 0.25) is 11.9 Å². The van der Waals surface area contributed by atoms with Gasteiger partial charge in [0, 0.05) is 0 Å². The number of rotatable bonds is 5. The molecule has 0 bridgehead atoms. The van der Waals surface area contributed by atoms with Crippen LogP contribution in [0, 0.1) is 0 Å². The van der Waals surface area contributed by atoms with Crippen molar-refractivity contribution in [2.45, 2.75) is 6.10 Å². The first-order valence-corrected chi connectivity index (χ1v) is 4.04. The smallest absolute Gasteiger partial charge is 0.211 e. The van der Waals surface area contributed by atoms with Crippen LogP contribution in [0.2, 0.25) is 0 Å². The average molecular weight is 230 g/mol. The van der Waals surface area contributed by atoms with Gasteiger partial charge in [0.1, 0.15) is 11.8 Å². The van der Waals surface area contributed by atoms with Gasteiger partial charge in [0.25, 0.3) is 0 Å². The lowest BCUT2D eigenvalue weighted by molar-refractivity contribution is 0.146. The Labute approximate surface area is 91.0 Å². The summed E-state index contributed by atoms with van der Waals surface area (Å²) in [6.07, 6.45) is -0.284. The van der Waals surface area contributed by atoms with Gasteiger partial charge in [-0.05, 0) is 0 Å². The summed E-state index contributed by atoms with van der Waals surface area (Å²) in [4.78, 5) is 0. The van der Waals surface area contributed by atoms with E-state index in [0.717, 1.165) is 6.21 Å². The van der Waals surface area contributed by atoms with Crippen LogP contribution < -0.4 is 22.9 Å². The zero-order valence-electron chi connectivity index (χ0n) is 8.35. The summed E-state index contributed by atoms with van der Waals surface area (Å²) in [5.74, 6) is -0.575. The number of nitrogens with zero attached hydrogens (tertiary/aromatic N) is 4. The highest BCUT2D eigenvalue weighted by Gasteiger charge is 2.09. The fourth-order valence-electron chi connectivity index (χ4n) is 0.542. The third-order valence-corrected chi connectivity index (χ3v) is 1.16. The SMILES string of the molecule is NC(N)=N/N=C/C(=N\N=C(N)N)[C@@H](O)CO. The molecule has 0 fully saturated rings. The molecule has 90 valence electrons. The van der Waals surface area contributed by atoms with Crippen molar-refractivity contribution in [3.05, 3.63) is 0 Å². The maximum absolute atomic E-state index is 9.26. The fourth-order valence-corrected chi connectivity index (χ4v) is 0.542. The van der Waals surface area contributed by atoms with E-state index in [4.69, 9.17) is 28.0 Å². The maximum Gasteiger partial charge on any atom is 0.211 e. The summed E-state index contributed by atoms with van der Waals surface area (Å²) in [5, 5.41) is 31.3. The Hall–Kier alpha value is -2.20. The highest BCUT2D eigenvalue weighted by Crippen LogP contribution is 1.88. The molecule has 16 heavy (non-hydrogen) atoms. The molecule has 10 heteroatoms. The lowest BCUT2D eigenvalue weighted by Gasteiger charge is -2.03. The van der Waals surface area contributed by atoms with Gasteiger partial charge in [-0.25, -0.2) is 0 Å². The molecular formula is C6H14N8O2. The fraction of sp³-hybridized carbons (Fsp3) is 0.333. The third-order valence-electron chi connectivity index (χ3n) is 1.16. The minimum Gasteiger partial charge on any atom is -0.393 e. The van der Waals surface area contributed by atoms with Crippen molar-refractivity contribution >= 4 is 23.8 Å². The van der Waals surface area contributed by atoms with Crippen molar-refractivity contribution in [3.8, 4) is 0 Å². The molecular weight excluding hydrogens is 216 g/mol. The van der Waals surface area contributed by atoms with E-state index in [0.29, 0.717) is 0 Å². The maximum atomic E-state index is 9.26. The van der Waals surface area contributed by atoms with Gasteiger partial charge in [-0.1, -0.05) is 0 Å². The molecule has 10 nitrogen and oxygen atoms in total. The van der Waals surface area contributed by atoms with Gasteiger partial charge >= 0.3 is 0 Å². The highest BCUT2D eigenvalue weighted by atomic mass is 16.3. The van der Waals surface area contributed by atoms with Crippen molar-refractivity contribution in [2.75, 3.05) is 6.61 Å². The second-order valence-corrected chi connectivity index (χ2v) is 2.52. The predicted octanol–water partition coefficient (Wildman–Crippen LogP) is -3.77. The van der Waals surface area contributed by atoms with Crippen molar-refractivity contribution < 1.29 is 10.2 Å². The van der Waals surface area contributed by atoms with Gasteiger partial charge < -0.3 is 33.1 Å². The Morgan fingerprint density at radius 1 is 1.06 bits per heavy atom. The Morgan fingerprint density at radius 3 is 2.06 bits per heavy atom. The van der Waals surface area contributed by atoms with Crippen LogP contribution in [0.1, 0.15) is 0 Å². The highest BCUT2D eigenvalue weighted by molar-refractivity contribution is 6.32. The molecule has 0 aliphatic heterocycles. The second-order valence-electron chi connectivity index (χ2n) is 2.52. The number of aliphatic hydroxyl groups is 2. The van der Waals surface area contributed by atoms with E-state index in [1.54, 1.807) is 0 Å². The molecule has 10 N–H and O–H groups in total. The minimum absolute atomic E-state index is 0.0964. The molecule has 0 aromatic rings. The Morgan fingerprint density at radius 2 is 1.62 bits per heavy atom. The van der Waals surface area contributed by atoms with E-state index in [1.807, 2.05) is 0 Å². The lowest BCUT2D eigenvalue weighted by atomic mass is 10.2. The Kier molecular flexibility index (Phi) is 6.16. The molecule has 0 aromatic carbocycles. The van der Waals surface area contributed by atoms with Crippen LogP contribution >= 0.6 is 0 Å². The van der Waals surface area contributed by atoms with Crippen LogP contribution in [0.25, 0.3) is 0 Å². The normalized spacial score (nSPS) is 13.5. The number of nitrogens with two attached hydrogens (primary N) is 4. The first-order valence-electron chi connectivity index (χ1n) is 4.04. The monoisotopic (exact) mass is 230 g/mol. The second kappa shape index (κ2) is 7.14. The molecule has 0 aliphatic rings. The van der Waals surface area contributed by atoms with Gasteiger partial charge in [0.15, 0.2) is 0 Å². The van der Waals surface area contributed by atoms with E-state index < -0.39 is 12.7 Å². The first kappa shape index (κ1) is 13.8. The summed E-state index contributed by atoms with van der Waals surface area (Å²) in [6.45, 7) is -0.577. The molecule has 0 unspecified atom stereocenters. The predicted molar refractivity (Wildman–Crippen MR) is 60.6 cm³/mol. The van der Waals surface area contributed by atoms with Crippen molar-refractivity contribution in [1.82, 2.24) is 0 Å². The van der Waals surface area contributed by atoms with Crippen LogP contribution in [0.15, 0.2) is 20.4 Å². The number of aliphatic hydroxyl groups excluding tert-OH is 2. The number of hydrogen-bond donors (Lipinski definition) is 6. The van der Waals surface area contributed by atoms with E-state index >= 15 is 0 Å². The molecule has 0 heterocycles. The van der Waals surface area contributed by atoms with Crippen LogP contribution in [0.5, 0.6) is 0 Å². The van der Waals surface area contributed by atoms with Gasteiger partial charge in [-0.3, -0.25) is 0 Å². The number of guanidine groups is 2. The molecule has 0 spiro atoms. The molecule has 0 rings (SSSR count). The van der Waals surface area contributed by atoms with Crippen molar-refractivity contribution in [1.29, 1.82) is 0 Å². The molecule has 0 amide bonds. The van der Waals surface area contributed by atoms with Crippen LogP contribution in [0.4, 0.5) is 0 Å². The largest absolute Gasteiger partial charge is 0.393 e. The molecule has 0 saturated carbocycles. The summed E-state index contributed by atoms with van der Waals surface area (Å²) in [5.41, 5.74) is 20.0. The standard InChI is InChI=1S/C6H14N8O2/c7-5(8)13-11-1-3(4(16)2-15)12-14-6(9)10/h1,4,15-16H,2H2,(H4,7,8,13)(H4,9,10,14)/b11-1+,12-3+/t4-/m0/s1. The quantitative estimate of drug-likeness (QED) is 0.159. The van der Waals surface area contributed by atoms with Crippen LogP contribution in [-0.2, 0) is 0 Å². The lowest BCUT2D eigenvalue weighted by Crippen LogP contribution is -2.27. The van der Waals surface area contributed by atoms with Crippen LogP contribution in [-0.4, -0.2) is 46.8 Å². The average Bonchev–Trinajstić information content (AvgIpc) is 2.21. The zero-order chi connectivity index (χ0) is 12.6. The minimum atomic E-state index is -1.29. The van der Waals surface area contributed by atoms with Gasteiger partial charge in [-0.15, -0.1) is 15.3 Å².